The van der Waals surface area contributed by atoms with Gasteiger partial charge in [-0.3, -0.25) is 0 Å². The van der Waals surface area contributed by atoms with Gasteiger partial charge in [-0.2, -0.15) is 0 Å². The molecule has 0 saturated heterocycles. The molecule has 70 valence electrons. The monoisotopic (exact) mass is 238 g/mol. The molecule has 1 rings (SSSR count). The molecule has 0 atom stereocenters. The van der Waals surface area contributed by atoms with Gasteiger partial charge >= 0.3 is 0 Å². The van der Waals surface area contributed by atoms with Crippen LogP contribution in [0.1, 0.15) is 22.3 Å². The van der Waals surface area contributed by atoms with Crippen LogP contribution in [0.15, 0.2) is 23.2 Å². The predicted molar refractivity (Wildman–Crippen MR) is 62.4 cm³/mol. The fourth-order valence-corrected chi connectivity index (χ4v) is 1.72. The van der Waals surface area contributed by atoms with Gasteiger partial charge in [-0.1, -0.05) is 34.6 Å². The van der Waals surface area contributed by atoms with Crippen molar-refractivity contribution < 1.29 is 0 Å². The first kappa shape index (κ1) is 10.5. The lowest BCUT2D eigenvalue weighted by molar-refractivity contribution is 1.17. The second-order valence-electron chi connectivity index (χ2n) is 3.56. The zero-order valence-electron chi connectivity index (χ0n) is 8.45. The van der Waals surface area contributed by atoms with Gasteiger partial charge in [-0.15, -0.1) is 0 Å². The summed E-state index contributed by atoms with van der Waals surface area (Å²) in [6.07, 6.45) is 0.924. The largest absolute Gasteiger partial charge is 0.0885 e. The second kappa shape index (κ2) is 4.10. The molecule has 1 aromatic rings. The highest BCUT2D eigenvalue weighted by atomic mass is 79.9. The molecule has 0 amide bonds. The van der Waals surface area contributed by atoms with Crippen LogP contribution in [0.5, 0.6) is 0 Å². The Morgan fingerprint density at radius 1 is 1.15 bits per heavy atom. The molecule has 0 aliphatic heterocycles. The molecular weight excluding hydrogens is 224 g/mol. The van der Waals surface area contributed by atoms with Crippen LogP contribution >= 0.6 is 15.9 Å². The maximum Gasteiger partial charge on any atom is 0.00374 e. The van der Waals surface area contributed by atoms with Crippen molar-refractivity contribution in [1.82, 2.24) is 0 Å². The predicted octanol–water partition coefficient (Wildman–Crippen LogP) is 4.06. The van der Waals surface area contributed by atoms with Crippen molar-refractivity contribution in [2.24, 2.45) is 0 Å². The van der Waals surface area contributed by atoms with Crippen molar-refractivity contribution in [3.05, 3.63) is 45.4 Å². The van der Waals surface area contributed by atoms with E-state index in [4.69, 9.17) is 0 Å². The van der Waals surface area contributed by atoms with Crippen molar-refractivity contribution in [3.8, 4) is 0 Å². The fraction of sp³-hybridized carbons (Fsp3) is 0.333. The molecule has 0 fully saturated rings. The number of allylic oxidation sites excluding steroid dienone is 1. The highest BCUT2D eigenvalue weighted by Gasteiger charge is 2.02. The molecule has 0 spiro atoms. The summed E-state index contributed by atoms with van der Waals surface area (Å²) >= 11 is 3.39. The number of hydrogen-bond donors (Lipinski definition) is 0. The van der Waals surface area contributed by atoms with Gasteiger partial charge in [0.25, 0.3) is 0 Å². The quantitative estimate of drug-likeness (QED) is 0.729. The lowest BCUT2D eigenvalue weighted by Crippen LogP contribution is -1.92. The molecule has 13 heavy (non-hydrogen) atoms. The van der Waals surface area contributed by atoms with E-state index >= 15 is 0 Å². The van der Waals surface area contributed by atoms with E-state index in [9.17, 15) is 0 Å². The van der Waals surface area contributed by atoms with Gasteiger partial charge in [0, 0.05) is 6.42 Å². The molecule has 0 heterocycles. The van der Waals surface area contributed by atoms with E-state index in [-0.39, 0.29) is 0 Å². The molecule has 0 N–H and O–H groups in total. The summed E-state index contributed by atoms with van der Waals surface area (Å²) in [5.41, 5.74) is 5.43. The Morgan fingerprint density at radius 3 is 2.23 bits per heavy atom. The third kappa shape index (κ3) is 2.70. The third-order valence-corrected chi connectivity index (χ3v) is 2.61. The van der Waals surface area contributed by atoms with Gasteiger partial charge in [0.1, 0.15) is 0 Å². The van der Waals surface area contributed by atoms with E-state index in [2.05, 4.69) is 55.4 Å². The van der Waals surface area contributed by atoms with Crippen LogP contribution in [0.25, 0.3) is 0 Å². The first-order chi connectivity index (χ1) is 6.00. The van der Waals surface area contributed by atoms with Crippen LogP contribution in [0.4, 0.5) is 0 Å². The SMILES string of the molecule is C=C(Br)Cc1cc(C)c(C)cc1C. The van der Waals surface area contributed by atoms with Gasteiger partial charge in [0.2, 0.25) is 0 Å². The average Bonchev–Trinajstić information content (AvgIpc) is 1.99. The molecule has 0 aromatic heterocycles. The summed E-state index contributed by atoms with van der Waals surface area (Å²) in [7, 11) is 0. The van der Waals surface area contributed by atoms with Gasteiger partial charge in [0.15, 0.2) is 0 Å². The Bertz CT molecular complexity index is 337. The summed E-state index contributed by atoms with van der Waals surface area (Å²) in [6.45, 7) is 10.3. The van der Waals surface area contributed by atoms with Crippen molar-refractivity contribution in [1.29, 1.82) is 0 Å². The topological polar surface area (TPSA) is 0 Å². The molecule has 0 radical (unpaired) electrons. The van der Waals surface area contributed by atoms with Gasteiger partial charge in [0.05, 0.1) is 0 Å². The van der Waals surface area contributed by atoms with E-state index in [1.807, 2.05) is 0 Å². The lowest BCUT2D eigenvalue weighted by Gasteiger charge is -2.08. The smallest absolute Gasteiger partial charge is 0.00374 e. The maximum absolute atomic E-state index is 3.86. The van der Waals surface area contributed by atoms with Crippen molar-refractivity contribution in [3.63, 3.8) is 0 Å². The molecule has 0 bridgehead atoms. The Morgan fingerprint density at radius 2 is 1.69 bits per heavy atom. The first-order valence-corrected chi connectivity index (χ1v) is 5.20. The lowest BCUT2D eigenvalue weighted by atomic mass is 9.99. The Labute approximate surface area is 88.8 Å². The standard InChI is InChI=1S/C12H15Br/c1-8-5-10(3)12(6-9(8)2)7-11(4)13/h5-6H,4,7H2,1-3H3. The van der Waals surface area contributed by atoms with Gasteiger partial charge in [-0.05, 0) is 47.5 Å². The molecule has 0 unspecified atom stereocenters. The summed E-state index contributed by atoms with van der Waals surface area (Å²) in [4.78, 5) is 0. The third-order valence-electron chi connectivity index (χ3n) is 2.33. The van der Waals surface area contributed by atoms with Crippen LogP contribution in [-0.2, 0) is 6.42 Å². The van der Waals surface area contributed by atoms with Crippen LogP contribution in [0.2, 0.25) is 0 Å². The molecule has 0 aliphatic rings. The molecule has 0 saturated carbocycles. The number of hydrogen-bond acceptors (Lipinski definition) is 0. The number of rotatable bonds is 2. The summed E-state index contributed by atoms with van der Waals surface area (Å²) in [5.74, 6) is 0. The van der Waals surface area contributed by atoms with E-state index in [0.717, 1.165) is 10.9 Å². The minimum Gasteiger partial charge on any atom is -0.0885 e. The molecule has 0 aliphatic carbocycles. The van der Waals surface area contributed by atoms with Gasteiger partial charge in [-0.25, -0.2) is 0 Å². The Hall–Kier alpha value is -0.560. The molecule has 1 aromatic carbocycles. The van der Waals surface area contributed by atoms with Crippen LogP contribution < -0.4 is 0 Å². The highest BCUT2D eigenvalue weighted by molar-refractivity contribution is 9.11. The van der Waals surface area contributed by atoms with E-state index < -0.39 is 0 Å². The second-order valence-corrected chi connectivity index (χ2v) is 4.68. The minimum atomic E-state index is 0.924. The van der Waals surface area contributed by atoms with Crippen LogP contribution in [0.3, 0.4) is 0 Å². The summed E-state index contributed by atoms with van der Waals surface area (Å²) in [5, 5.41) is 0. The van der Waals surface area contributed by atoms with Crippen molar-refractivity contribution in [2.75, 3.05) is 0 Å². The summed E-state index contributed by atoms with van der Waals surface area (Å²) < 4.78 is 1.04. The fourth-order valence-electron chi connectivity index (χ4n) is 1.42. The molecule has 1 heteroatoms. The highest BCUT2D eigenvalue weighted by Crippen LogP contribution is 2.19. The number of benzene rings is 1. The van der Waals surface area contributed by atoms with Crippen LogP contribution in [-0.4, -0.2) is 0 Å². The average molecular weight is 239 g/mol. The zero-order chi connectivity index (χ0) is 10.0. The summed E-state index contributed by atoms with van der Waals surface area (Å²) in [6, 6.07) is 4.48. The van der Waals surface area contributed by atoms with E-state index in [1.54, 1.807) is 0 Å². The van der Waals surface area contributed by atoms with Crippen molar-refractivity contribution in [2.45, 2.75) is 27.2 Å². The number of halogens is 1. The molecule has 0 nitrogen and oxygen atoms in total. The van der Waals surface area contributed by atoms with Gasteiger partial charge < -0.3 is 0 Å². The molecular formula is C12H15Br. The van der Waals surface area contributed by atoms with Crippen molar-refractivity contribution >= 4 is 15.9 Å². The number of aryl methyl sites for hydroxylation is 3. The Balaban J connectivity index is 3.08. The van der Waals surface area contributed by atoms with E-state index in [1.165, 1.54) is 22.3 Å². The van der Waals surface area contributed by atoms with E-state index in [0.29, 0.717) is 0 Å². The Kier molecular flexibility index (Phi) is 3.32. The van der Waals surface area contributed by atoms with Crippen LogP contribution in [0, 0.1) is 20.8 Å². The normalized spacial score (nSPS) is 10.2. The maximum atomic E-state index is 3.86. The first-order valence-electron chi connectivity index (χ1n) is 4.40. The minimum absolute atomic E-state index is 0.924. The zero-order valence-corrected chi connectivity index (χ0v) is 10.0.